The molecule has 2 aliphatic heterocycles. The Morgan fingerprint density at radius 2 is 1.14 bits per heavy atom. The molecule has 4 aliphatic rings. The molecular formula is C48H32Br2N4O2S2. The van der Waals surface area contributed by atoms with E-state index in [2.05, 4.69) is 134 Å². The van der Waals surface area contributed by atoms with E-state index in [-0.39, 0.29) is 11.5 Å². The van der Waals surface area contributed by atoms with E-state index in [9.17, 15) is 14.9 Å². The van der Waals surface area contributed by atoms with Crippen molar-refractivity contribution in [3.05, 3.63) is 158 Å². The van der Waals surface area contributed by atoms with Crippen molar-refractivity contribution in [2.45, 2.75) is 52.2 Å². The normalized spacial score (nSPS) is 14.0. The number of fused-ring (bicyclic) bond motifs is 6. The van der Waals surface area contributed by atoms with Crippen molar-refractivity contribution in [1.29, 1.82) is 10.7 Å². The van der Waals surface area contributed by atoms with Gasteiger partial charge in [-0.3, -0.25) is 15.0 Å². The molecular weight excluding hydrogens is 888 g/mol. The summed E-state index contributed by atoms with van der Waals surface area (Å²) in [6, 6.07) is 39.5. The molecule has 6 aromatic carbocycles. The van der Waals surface area contributed by atoms with Crippen LogP contribution in [0.15, 0.2) is 165 Å². The van der Waals surface area contributed by atoms with Gasteiger partial charge in [0.2, 0.25) is 0 Å². The molecule has 1 N–H and O–H groups in total. The van der Waals surface area contributed by atoms with E-state index in [1.54, 1.807) is 29.4 Å². The Hall–Kier alpha value is -5.40. The van der Waals surface area contributed by atoms with Crippen LogP contribution >= 0.6 is 55.4 Å². The standard InChI is InChI=1S/C25H20BrNOS.C21H9BrN2OS.C2H3N/c1-2-3-4-6-20-23-18-13-14-21(29-16-11-9-15(26)10-12-16)17-7-5-8-19(22(17)18)24(23)27-25(20)28;22-11-4-6-12(7-5-11)26-17-9-8-14-18-13(17)2-1-3-15(18)20-19(14)16(10-23)21(25)24-20;1-2-3/h5,7-14H,2-4,6H2,1H3;1-9H;3H,1H2. The highest BCUT2D eigenvalue weighted by Gasteiger charge is 2.37. The van der Waals surface area contributed by atoms with Crippen molar-refractivity contribution < 1.29 is 9.59 Å². The molecule has 0 aromatic heterocycles. The third-order valence-electron chi connectivity index (χ3n) is 10.2. The van der Waals surface area contributed by atoms with E-state index < -0.39 is 5.91 Å². The van der Waals surface area contributed by atoms with Crippen molar-refractivity contribution in [2.24, 2.45) is 9.98 Å². The van der Waals surface area contributed by atoms with Crippen molar-refractivity contribution in [2.75, 3.05) is 0 Å². The summed E-state index contributed by atoms with van der Waals surface area (Å²) in [5.41, 5.74) is 8.47. The van der Waals surface area contributed by atoms with Crippen LogP contribution in [0, 0.1) is 16.7 Å². The second kappa shape index (κ2) is 16.8. The number of rotatable bonds is 8. The molecule has 0 saturated carbocycles. The van der Waals surface area contributed by atoms with Crippen molar-refractivity contribution in [3.63, 3.8) is 0 Å². The first-order chi connectivity index (χ1) is 28.3. The number of carbonyl (C=O) groups is 2. The Kier molecular flexibility index (Phi) is 11.4. The largest absolute Gasteiger partial charge is 0.288 e. The molecule has 0 atom stereocenters. The summed E-state index contributed by atoms with van der Waals surface area (Å²) in [5.74, 6) is 1.27. The van der Waals surface area contributed by atoms with E-state index in [0.717, 1.165) is 88.7 Å². The fourth-order valence-electron chi connectivity index (χ4n) is 7.75. The number of hydrogen-bond donors (Lipinski definition) is 1. The van der Waals surface area contributed by atoms with Crippen LogP contribution in [0.5, 0.6) is 0 Å². The second-order valence-electron chi connectivity index (χ2n) is 13.7. The van der Waals surface area contributed by atoms with Gasteiger partial charge in [-0.15, -0.1) is 0 Å². The maximum atomic E-state index is 12.6. The fourth-order valence-corrected chi connectivity index (χ4v) is 10.2. The Morgan fingerprint density at radius 3 is 1.64 bits per heavy atom. The molecule has 10 heteroatoms. The molecule has 6 nitrogen and oxygen atoms in total. The minimum absolute atomic E-state index is 0.0397. The molecule has 0 saturated heterocycles. The zero-order valence-electron chi connectivity index (χ0n) is 31.2. The minimum atomic E-state index is -0.437. The van der Waals surface area contributed by atoms with Crippen LogP contribution in [0.4, 0.5) is 0 Å². The van der Waals surface area contributed by atoms with Crippen LogP contribution in [-0.4, -0.2) is 29.1 Å². The summed E-state index contributed by atoms with van der Waals surface area (Å²) in [6.07, 6.45) is 4.15. The van der Waals surface area contributed by atoms with Crippen LogP contribution in [0.1, 0.15) is 54.9 Å². The Morgan fingerprint density at radius 1 is 0.655 bits per heavy atom. The van der Waals surface area contributed by atoms with E-state index in [1.807, 2.05) is 36.4 Å². The van der Waals surface area contributed by atoms with Gasteiger partial charge in [0, 0.05) is 67.1 Å². The number of hydrogen-bond acceptors (Lipinski definition) is 6. The summed E-state index contributed by atoms with van der Waals surface area (Å²) in [4.78, 5) is 37.9. The van der Waals surface area contributed by atoms with Crippen molar-refractivity contribution in [1.82, 2.24) is 0 Å². The predicted octanol–water partition coefficient (Wildman–Crippen LogP) is 13.2. The van der Waals surface area contributed by atoms with Gasteiger partial charge in [0.1, 0.15) is 11.6 Å². The number of unbranched alkanes of at least 4 members (excludes halogenated alkanes) is 2. The molecule has 2 aliphatic carbocycles. The molecule has 2 heterocycles. The van der Waals surface area contributed by atoms with Gasteiger partial charge < -0.3 is 0 Å². The third kappa shape index (κ3) is 7.19. The quantitative estimate of drug-likeness (QED) is 0.121. The lowest BCUT2D eigenvalue weighted by Gasteiger charge is -2.10. The number of amides is 2. The van der Waals surface area contributed by atoms with Crippen LogP contribution in [0.25, 0.3) is 32.7 Å². The number of carbonyl (C=O) groups excluding carboxylic acids is 2. The van der Waals surface area contributed by atoms with E-state index in [0.29, 0.717) is 11.3 Å². The lowest BCUT2D eigenvalue weighted by atomic mass is 9.97. The number of nitrogens with one attached hydrogen (secondary N) is 1. The van der Waals surface area contributed by atoms with Gasteiger partial charge in [-0.05, 0) is 108 Å². The number of nitriles is 1. The molecule has 2 amide bonds. The first kappa shape index (κ1) is 39.4. The molecule has 58 heavy (non-hydrogen) atoms. The van der Waals surface area contributed by atoms with Gasteiger partial charge in [0.15, 0.2) is 0 Å². The maximum Gasteiger partial charge on any atom is 0.288 e. The summed E-state index contributed by atoms with van der Waals surface area (Å²) in [6.45, 7) is 5.09. The summed E-state index contributed by atoms with van der Waals surface area (Å²) in [5, 5.41) is 19.9. The van der Waals surface area contributed by atoms with Gasteiger partial charge in [0.25, 0.3) is 11.8 Å². The van der Waals surface area contributed by atoms with Gasteiger partial charge in [0.05, 0.1) is 11.4 Å². The van der Waals surface area contributed by atoms with Crippen LogP contribution in [0.2, 0.25) is 0 Å². The molecule has 6 aromatic rings. The van der Waals surface area contributed by atoms with Crippen molar-refractivity contribution in [3.8, 4) is 6.07 Å². The lowest BCUT2D eigenvalue weighted by Crippen LogP contribution is -1.97. The SMILES string of the molecule is C=C=N.CCCCCC1=C2C(=NC1=O)c1cccc3c(Sc4ccc(Br)cc4)ccc2c13.N#CC1=C2C(=NC1=O)c1cccc3c(Sc4ccc(Br)cc4)ccc2c13. The molecule has 0 unspecified atom stereocenters. The lowest BCUT2D eigenvalue weighted by molar-refractivity contribution is -0.114. The van der Waals surface area contributed by atoms with Gasteiger partial charge in [-0.1, -0.05) is 124 Å². The molecule has 0 fully saturated rings. The number of aliphatic imine (C=N–C) groups is 2. The Bertz CT molecular complexity index is 2930. The van der Waals surface area contributed by atoms with Crippen LogP contribution in [-0.2, 0) is 9.59 Å². The topological polar surface area (TPSA) is 106 Å². The van der Waals surface area contributed by atoms with E-state index >= 15 is 0 Å². The third-order valence-corrected chi connectivity index (χ3v) is 13.4. The molecule has 0 radical (unpaired) electrons. The average molecular weight is 921 g/mol. The highest BCUT2D eigenvalue weighted by molar-refractivity contribution is 9.10. The zero-order valence-corrected chi connectivity index (χ0v) is 36.0. The number of benzene rings is 6. The van der Waals surface area contributed by atoms with E-state index in [4.69, 9.17) is 5.41 Å². The average Bonchev–Trinajstić information content (AvgIpc) is 3.93. The Balaban J connectivity index is 0.000000153. The monoisotopic (exact) mass is 918 g/mol. The summed E-state index contributed by atoms with van der Waals surface area (Å²) < 4.78 is 2.13. The smallest absolute Gasteiger partial charge is 0.267 e. The Labute approximate surface area is 361 Å². The summed E-state index contributed by atoms with van der Waals surface area (Å²) in [7, 11) is 0. The summed E-state index contributed by atoms with van der Waals surface area (Å²) >= 11 is 10.4. The van der Waals surface area contributed by atoms with Gasteiger partial charge in [-0.2, -0.15) is 5.26 Å². The maximum absolute atomic E-state index is 12.6. The number of allylic oxidation sites excluding steroid dienone is 2. The zero-order chi connectivity index (χ0) is 40.5. The molecule has 0 spiro atoms. The van der Waals surface area contributed by atoms with Crippen molar-refractivity contribution >= 4 is 117 Å². The number of halogens is 2. The molecule has 282 valence electrons. The first-order valence-corrected chi connectivity index (χ1v) is 21.8. The van der Waals surface area contributed by atoms with E-state index in [1.165, 1.54) is 26.1 Å². The highest BCUT2D eigenvalue weighted by atomic mass is 79.9. The van der Waals surface area contributed by atoms with Gasteiger partial charge >= 0.3 is 0 Å². The number of nitrogens with zero attached hydrogens (tertiary/aromatic N) is 3. The fraction of sp³-hybridized carbons (Fsp3) is 0.104. The first-order valence-electron chi connectivity index (χ1n) is 18.6. The molecule has 0 bridgehead atoms. The minimum Gasteiger partial charge on any atom is -0.267 e. The van der Waals surface area contributed by atoms with Crippen LogP contribution < -0.4 is 0 Å². The second-order valence-corrected chi connectivity index (χ2v) is 17.7. The predicted molar refractivity (Wildman–Crippen MR) is 244 cm³/mol. The van der Waals surface area contributed by atoms with Crippen LogP contribution in [0.3, 0.4) is 0 Å². The molecule has 10 rings (SSSR count). The van der Waals surface area contributed by atoms with Gasteiger partial charge in [-0.25, -0.2) is 9.98 Å². The highest BCUT2D eigenvalue weighted by Crippen LogP contribution is 2.48.